The molecule has 0 unspecified atom stereocenters. The zero-order valence-electron chi connectivity index (χ0n) is 6.71. The zero-order valence-corrected chi connectivity index (χ0v) is 6.71. The lowest BCUT2D eigenvalue weighted by molar-refractivity contribution is 0.0839. The molecule has 0 aliphatic rings. The molecule has 0 spiro atoms. The smallest absolute Gasteiger partial charge is 0.434 e. The van der Waals surface area contributed by atoms with Crippen molar-refractivity contribution in [3.63, 3.8) is 0 Å². The normalized spacial score (nSPS) is 10.0. The zero-order chi connectivity index (χ0) is 8.53. The summed E-state index contributed by atoms with van der Waals surface area (Å²) in [5.41, 5.74) is 0. The molecule has 0 amide bonds. The number of allylic oxidation sites excluding steroid dienone is 1. The van der Waals surface area contributed by atoms with Gasteiger partial charge in [-0.25, -0.2) is 4.79 Å². The van der Waals surface area contributed by atoms with Gasteiger partial charge in [0.2, 0.25) is 0 Å². The van der Waals surface area contributed by atoms with Crippen LogP contribution in [0.5, 0.6) is 0 Å². The highest BCUT2D eigenvalue weighted by Gasteiger charge is 1.98. The van der Waals surface area contributed by atoms with Gasteiger partial charge in [0, 0.05) is 0 Å². The Morgan fingerprint density at radius 1 is 1.64 bits per heavy atom. The maximum atomic E-state index is 10.6. The lowest BCUT2D eigenvalue weighted by Crippen LogP contribution is -2.04. The summed E-state index contributed by atoms with van der Waals surface area (Å²) < 4.78 is 9.11. The molecule has 0 rings (SSSR count). The van der Waals surface area contributed by atoms with Gasteiger partial charge in [-0.05, 0) is 13.3 Å². The minimum absolute atomic E-state index is 0.375. The molecule has 63 valence electrons. The first-order chi connectivity index (χ1) is 5.31. The van der Waals surface area contributed by atoms with Crippen molar-refractivity contribution in [2.24, 2.45) is 0 Å². The molecule has 0 saturated heterocycles. The summed E-state index contributed by atoms with van der Waals surface area (Å²) in [6.07, 6.45) is 3.77. The summed E-state index contributed by atoms with van der Waals surface area (Å²) in [7, 11) is 0. The number of ether oxygens (including phenoxy) is 2. The Kier molecular flexibility index (Phi) is 6.48. The van der Waals surface area contributed by atoms with E-state index in [1.165, 1.54) is 6.26 Å². The van der Waals surface area contributed by atoms with Crippen LogP contribution in [-0.4, -0.2) is 12.8 Å². The molecule has 0 aromatic heterocycles. The van der Waals surface area contributed by atoms with E-state index in [2.05, 4.69) is 16.4 Å². The van der Waals surface area contributed by atoms with Crippen molar-refractivity contribution in [1.82, 2.24) is 0 Å². The maximum Gasteiger partial charge on any atom is 0.513 e. The molecule has 1 radical (unpaired) electrons. The molecule has 0 bridgehead atoms. The molecule has 0 fully saturated rings. The standard InChI is InChI=1S/C8H13O3/c1-3-5-7-11-8(9)10-6-4-2/h4,6H,1,3,5,7H2,2H3. The first kappa shape index (κ1) is 10.0. The first-order valence-corrected chi connectivity index (χ1v) is 3.55. The molecule has 3 nitrogen and oxygen atoms in total. The summed E-state index contributed by atoms with van der Waals surface area (Å²) in [6.45, 7) is 5.73. The molecule has 0 aliphatic carbocycles. The minimum Gasteiger partial charge on any atom is -0.434 e. The average Bonchev–Trinajstić information content (AvgIpc) is 2.01. The molecule has 11 heavy (non-hydrogen) atoms. The van der Waals surface area contributed by atoms with Gasteiger partial charge in [-0.2, -0.15) is 0 Å². The van der Waals surface area contributed by atoms with Crippen molar-refractivity contribution in [2.45, 2.75) is 19.8 Å². The number of unbranched alkanes of at least 4 members (excludes halogenated alkanes) is 1. The maximum absolute atomic E-state index is 10.6. The molecule has 0 aliphatic heterocycles. The second-order valence-corrected chi connectivity index (χ2v) is 1.89. The van der Waals surface area contributed by atoms with Gasteiger partial charge in [0.1, 0.15) is 0 Å². The lowest BCUT2D eigenvalue weighted by Gasteiger charge is -2.00. The van der Waals surface area contributed by atoms with Crippen LogP contribution >= 0.6 is 0 Å². The van der Waals surface area contributed by atoms with E-state index in [4.69, 9.17) is 0 Å². The van der Waals surface area contributed by atoms with Crippen molar-refractivity contribution in [1.29, 1.82) is 0 Å². The fourth-order valence-corrected chi connectivity index (χ4v) is 0.415. The summed E-state index contributed by atoms with van der Waals surface area (Å²) in [5.74, 6) is 0. The van der Waals surface area contributed by atoms with Crippen molar-refractivity contribution < 1.29 is 14.3 Å². The Morgan fingerprint density at radius 2 is 2.36 bits per heavy atom. The third kappa shape index (κ3) is 6.90. The van der Waals surface area contributed by atoms with Gasteiger partial charge in [0.05, 0.1) is 12.9 Å². The predicted molar refractivity (Wildman–Crippen MR) is 41.8 cm³/mol. The average molecular weight is 157 g/mol. The van der Waals surface area contributed by atoms with Crippen LogP contribution in [0.2, 0.25) is 0 Å². The van der Waals surface area contributed by atoms with E-state index >= 15 is 0 Å². The van der Waals surface area contributed by atoms with Crippen molar-refractivity contribution in [2.75, 3.05) is 6.61 Å². The number of carbonyl (C=O) groups excluding carboxylic acids is 1. The molecular formula is C8H13O3. The van der Waals surface area contributed by atoms with E-state index in [0.717, 1.165) is 12.8 Å². The van der Waals surface area contributed by atoms with Crippen LogP contribution < -0.4 is 0 Å². The van der Waals surface area contributed by atoms with Crippen LogP contribution in [0.25, 0.3) is 0 Å². The molecule has 0 atom stereocenters. The Balaban J connectivity index is 3.23. The minimum atomic E-state index is -0.656. The van der Waals surface area contributed by atoms with E-state index in [1.54, 1.807) is 13.0 Å². The van der Waals surface area contributed by atoms with Crippen LogP contribution in [-0.2, 0) is 9.47 Å². The molecular weight excluding hydrogens is 144 g/mol. The SMILES string of the molecule is [CH2]CCCOC(=O)OC=CC. The van der Waals surface area contributed by atoms with Crippen LogP contribution in [0.4, 0.5) is 4.79 Å². The second-order valence-electron chi connectivity index (χ2n) is 1.89. The van der Waals surface area contributed by atoms with Gasteiger partial charge in [-0.15, -0.1) is 0 Å². The van der Waals surface area contributed by atoms with Gasteiger partial charge >= 0.3 is 6.16 Å². The van der Waals surface area contributed by atoms with Crippen molar-refractivity contribution in [3.05, 3.63) is 19.3 Å². The highest BCUT2D eigenvalue weighted by molar-refractivity contribution is 5.60. The number of hydrogen-bond acceptors (Lipinski definition) is 3. The first-order valence-electron chi connectivity index (χ1n) is 3.55. The summed E-state index contributed by atoms with van der Waals surface area (Å²) in [6, 6.07) is 0. The monoisotopic (exact) mass is 157 g/mol. The van der Waals surface area contributed by atoms with Gasteiger partial charge in [-0.1, -0.05) is 19.4 Å². The molecule has 0 saturated carbocycles. The Labute approximate surface area is 67.0 Å². The van der Waals surface area contributed by atoms with Crippen LogP contribution in [0, 0.1) is 6.92 Å². The quantitative estimate of drug-likeness (QED) is 0.357. The lowest BCUT2D eigenvalue weighted by atomic mass is 10.4. The Morgan fingerprint density at radius 3 is 2.91 bits per heavy atom. The number of hydrogen-bond donors (Lipinski definition) is 0. The molecule has 0 aromatic carbocycles. The third-order valence-electron chi connectivity index (χ3n) is 0.915. The number of carbonyl (C=O) groups is 1. The van der Waals surface area contributed by atoms with E-state index in [1.807, 2.05) is 0 Å². The van der Waals surface area contributed by atoms with Gasteiger partial charge < -0.3 is 9.47 Å². The van der Waals surface area contributed by atoms with Crippen LogP contribution in [0.3, 0.4) is 0 Å². The predicted octanol–water partition coefficient (Wildman–Crippen LogP) is 2.29. The van der Waals surface area contributed by atoms with Crippen LogP contribution in [0.15, 0.2) is 12.3 Å². The van der Waals surface area contributed by atoms with E-state index in [-0.39, 0.29) is 0 Å². The van der Waals surface area contributed by atoms with Crippen molar-refractivity contribution in [3.8, 4) is 0 Å². The Hall–Kier alpha value is -0.990. The van der Waals surface area contributed by atoms with Crippen molar-refractivity contribution >= 4 is 6.16 Å². The third-order valence-corrected chi connectivity index (χ3v) is 0.915. The summed E-state index contributed by atoms with van der Waals surface area (Å²) in [5, 5.41) is 0. The highest BCUT2D eigenvalue weighted by Crippen LogP contribution is 1.91. The topological polar surface area (TPSA) is 35.5 Å². The van der Waals surface area contributed by atoms with Gasteiger partial charge in [-0.3, -0.25) is 0 Å². The Bertz CT molecular complexity index is 129. The summed E-state index contributed by atoms with van der Waals surface area (Å²) >= 11 is 0. The fourth-order valence-electron chi connectivity index (χ4n) is 0.415. The molecule has 0 heterocycles. The van der Waals surface area contributed by atoms with Crippen LogP contribution in [0.1, 0.15) is 19.8 Å². The number of rotatable bonds is 4. The van der Waals surface area contributed by atoms with Gasteiger partial charge in [0.15, 0.2) is 0 Å². The summed E-state index contributed by atoms with van der Waals surface area (Å²) in [4.78, 5) is 10.6. The second kappa shape index (κ2) is 7.12. The van der Waals surface area contributed by atoms with E-state index < -0.39 is 6.16 Å². The highest BCUT2D eigenvalue weighted by atomic mass is 16.7. The molecule has 0 aromatic rings. The van der Waals surface area contributed by atoms with Gasteiger partial charge in [0.25, 0.3) is 0 Å². The van der Waals surface area contributed by atoms with E-state index in [9.17, 15) is 4.79 Å². The fraction of sp³-hybridized carbons (Fsp3) is 0.500. The largest absolute Gasteiger partial charge is 0.513 e. The van der Waals surface area contributed by atoms with E-state index in [0.29, 0.717) is 6.61 Å². The molecule has 3 heteroatoms. The molecule has 0 N–H and O–H groups in total.